The molecule has 0 aliphatic carbocycles. The lowest BCUT2D eigenvalue weighted by molar-refractivity contribution is -0.137. The first-order valence-electron chi connectivity index (χ1n) is 6.15. The molecule has 17 heavy (non-hydrogen) atoms. The predicted octanol–water partition coefficient (Wildman–Crippen LogP) is 1.26. The Bertz CT molecular complexity index is 292. The molecule has 1 fully saturated rings. The fraction of sp³-hybridized carbons (Fsp3) is 0.833. The Morgan fingerprint density at radius 2 is 2.12 bits per heavy atom. The van der Waals surface area contributed by atoms with Crippen LogP contribution in [0.1, 0.15) is 33.6 Å². The fourth-order valence-corrected chi connectivity index (χ4v) is 2.53. The van der Waals surface area contributed by atoms with Gasteiger partial charge in [-0.1, -0.05) is 6.92 Å². The average Bonchev–Trinajstić information content (AvgIpc) is 2.34. The van der Waals surface area contributed by atoms with Gasteiger partial charge in [0, 0.05) is 19.5 Å². The summed E-state index contributed by atoms with van der Waals surface area (Å²) in [6.45, 7) is 6.97. The van der Waals surface area contributed by atoms with Crippen LogP contribution in [0.3, 0.4) is 0 Å². The molecule has 0 aromatic rings. The third-order valence-corrected chi connectivity index (χ3v) is 3.79. The number of nitrogens with zero attached hydrogens (tertiary/aromatic N) is 1. The number of amides is 2. The van der Waals surface area contributed by atoms with Crippen molar-refractivity contribution in [2.45, 2.75) is 39.2 Å². The van der Waals surface area contributed by atoms with Crippen molar-refractivity contribution in [3.05, 3.63) is 0 Å². The van der Waals surface area contributed by atoms with Crippen LogP contribution in [0.2, 0.25) is 0 Å². The number of carbonyl (C=O) groups is 2. The van der Waals surface area contributed by atoms with E-state index in [1.807, 2.05) is 16.7 Å². The average molecular weight is 258 g/mol. The summed E-state index contributed by atoms with van der Waals surface area (Å²) in [5.41, 5.74) is -0.758. The summed E-state index contributed by atoms with van der Waals surface area (Å²) in [5, 5.41) is 2.76. The minimum Gasteiger partial charge on any atom is -0.342 e. The zero-order valence-corrected chi connectivity index (χ0v) is 11.7. The van der Waals surface area contributed by atoms with E-state index in [2.05, 4.69) is 12.2 Å². The van der Waals surface area contributed by atoms with Crippen LogP contribution in [0, 0.1) is 0 Å². The molecule has 0 aromatic carbocycles. The van der Waals surface area contributed by atoms with Crippen molar-refractivity contribution in [1.82, 2.24) is 10.2 Å². The van der Waals surface area contributed by atoms with Gasteiger partial charge < -0.3 is 10.2 Å². The maximum absolute atomic E-state index is 12.2. The van der Waals surface area contributed by atoms with Gasteiger partial charge in [0.25, 0.3) is 0 Å². The molecule has 0 bridgehead atoms. The number of rotatable bonds is 5. The second-order valence-corrected chi connectivity index (χ2v) is 6.16. The smallest absolute Gasteiger partial charge is 0.247 e. The first-order valence-corrected chi connectivity index (χ1v) is 7.31. The van der Waals surface area contributed by atoms with Crippen molar-refractivity contribution >= 4 is 23.6 Å². The number of hydrogen-bond acceptors (Lipinski definition) is 3. The van der Waals surface area contributed by atoms with E-state index < -0.39 is 5.54 Å². The van der Waals surface area contributed by atoms with Crippen LogP contribution in [-0.2, 0) is 9.59 Å². The summed E-state index contributed by atoms with van der Waals surface area (Å²) < 4.78 is 0. The van der Waals surface area contributed by atoms with Gasteiger partial charge in [0.05, 0.1) is 0 Å². The van der Waals surface area contributed by atoms with Gasteiger partial charge in [-0.3, -0.25) is 9.59 Å². The van der Waals surface area contributed by atoms with Crippen LogP contribution >= 0.6 is 11.8 Å². The molecule has 0 atom stereocenters. The number of carbonyl (C=O) groups excluding carboxylic acids is 2. The van der Waals surface area contributed by atoms with Crippen LogP contribution in [0.4, 0.5) is 0 Å². The van der Waals surface area contributed by atoms with Crippen molar-refractivity contribution in [1.29, 1.82) is 0 Å². The predicted molar refractivity (Wildman–Crippen MR) is 71.0 cm³/mol. The number of hydrogen-bond donors (Lipinski definition) is 1. The summed E-state index contributed by atoms with van der Waals surface area (Å²) >= 11 is 1.88. The Balaban J connectivity index is 2.52. The summed E-state index contributed by atoms with van der Waals surface area (Å²) in [6.07, 6.45) is 1.41. The van der Waals surface area contributed by atoms with Gasteiger partial charge >= 0.3 is 0 Å². The molecule has 98 valence electrons. The number of nitrogens with one attached hydrogen (secondary N) is 1. The van der Waals surface area contributed by atoms with Crippen molar-refractivity contribution in [3.63, 3.8) is 0 Å². The highest BCUT2D eigenvalue weighted by atomic mass is 32.2. The van der Waals surface area contributed by atoms with E-state index in [-0.39, 0.29) is 11.8 Å². The summed E-state index contributed by atoms with van der Waals surface area (Å²) in [4.78, 5) is 25.5. The molecule has 0 saturated carbocycles. The van der Waals surface area contributed by atoms with E-state index in [1.165, 1.54) is 0 Å². The van der Waals surface area contributed by atoms with Gasteiger partial charge in [-0.25, -0.2) is 0 Å². The van der Waals surface area contributed by atoms with Gasteiger partial charge in [-0.15, -0.1) is 0 Å². The van der Waals surface area contributed by atoms with E-state index >= 15 is 0 Å². The zero-order chi connectivity index (χ0) is 12.9. The summed E-state index contributed by atoms with van der Waals surface area (Å²) in [5.74, 6) is 2.18. The minimum atomic E-state index is -0.758. The molecule has 1 rings (SSSR count). The van der Waals surface area contributed by atoms with E-state index in [0.29, 0.717) is 13.0 Å². The first-order chi connectivity index (χ1) is 7.97. The van der Waals surface area contributed by atoms with Crippen molar-refractivity contribution in [2.24, 2.45) is 0 Å². The molecule has 1 saturated heterocycles. The van der Waals surface area contributed by atoms with Gasteiger partial charge in [-0.05, 0) is 31.8 Å². The molecule has 1 aliphatic heterocycles. The lowest BCUT2D eigenvalue weighted by Gasteiger charge is -2.28. The molecule has 5 heteroatoms. The maximum Gasteiger partial charge on any atom is 0.247 e. The molecule has 0 radical (unpaired) electrons. The first kappa shape index (κ1) is 14.4. The molecule has 2 amide bonds. The Morgan fingerprint density at radius 3 is 2.76 bits per heavy atom. The third kappa shape index (κ3) is 4.22. The molecule has 0 spiro atoms. The van der Waals surface area contributed by atoms with Gasteiger partial charge in [-0.2, -0.15) is 11.8 Å². The Kier molecular flexibility index (Phi) is 5.31. The van der Waals surface area contributed by atoms with E-state index in [1.54, 1.807) is 13.8 Å². The van der Waals surface area contributed by atoms with Crippen LogP contribution < -0.4 is 5.32 Å². The Morgan fingerprint density at radius 1 is 1.41 bits per heavy atom. The van der Waals surface area contributed by atoms with Crippen LogP contribution in [0.5, 0.6) is 0 Å². The SMILES string of the molecule is CCSCCCN1CCC(=O)NC(C)(C)C1=O. The second-order valence-electron chi connectivity index (χ2n) is 4.77. The Labute approximate surface area is 108 Å². The topological polar surface area (TPSA) is 49.4 Å². The summed E-state index contributed by atoms with van der Waals surface area (Å²) in [7, 11) is 0. The maximum atomic E-state index is 12.2. The van der Waals surface area contributed by atoms with E-state index in [9.17, 15) is 9.59 Å². The fourth-order valence-electron chi connectivity index (χ4n) is 1.91. The standard InChI is InChI=1S/C12H22N2O2S/c1-4-17-9-5-7-14-8-6-10(15)13-12(2,3)11(14)16/h4-9H2,1-3H3,(H,13,15). The molecule has 1 aliphatic rings. The molecule has 1 N–H and O–H groups in total. The largest absolute Gasteiger partial charge is 0.342 e. The van der Waals surface area contributed by atoms with Gasteiger partial charge in [0.1, 0.15) is 5.54 Å². The minimum absolute atomic E-state index is 0.0323. The molecule has 0 unspecified atom stereocenters. The third-order valence-electron chi connectivity index (χ3n) is 2.80. The molecule has 0 aromatic heterocycles. The van der Waals surface area contributed by atoms with E-state index in [0.717, 1.165) is 24.5 Å². The lowest BCUT2D eigenvalue weighted by atomic mass is 10.0. The normalized spacial score (nSPS) is 20.1. The molecular weight excluding hydrogens is 236 g/mol. The van der Waals surface area contributed by atoms with Crippen LogP contribution in [0.15, 0.2) is 0 Å². The van der Waals surface area contributed by atoms with Gasteiger partial charge in [0.2, 0.25) is 11.8 Å². The molecule has 1 heterocycles. The van der Waals surface area contributed by atoms with Crippen molar-refractivity contribution in [3.8, 4) is 0 Å². The van der Waals surface area contributed by atoms with Crippen molar-refractivity contribution < 1.29 is 9.59 Å². The highest BCUT2D eigenvalue weighted by Gasteiger charge is 2.35. The quantitative estimate of drug-likeness (QED) is 0.755. The monoisotopic (exact) mass is 258 g/mol. The second kappa shape index (κ2) is 6.28. The van der Waals surface area contributed by atoms with Gasteiger partial charge in [0.15, 0.2) is 0 Å². The van der Waals surface area contributed by atoms with Crippen LogP contribution in [-0.4, -0.2) is 46.8 Å². The zero-order valence-electron chi connectivity index (χ0n) is 10.9. The lowest BCUT2D eigenvalue weighted by Crippen LogP contribution is -2.53. The Hall–Kier alpha value is -0.710. The van der Waals surface area contributed by atoms with Crippen LogP contribution in [0.25, 0.3) is 0 Å². The highest BCUT2D eigenvalue weighted by Crippen LogP contribution is 2.14. The molecular formula is C12H22N2O2S. The number of thioether (sulfide) groups is 1. The molecule has 4 nitrogen and oxygen atoms in total. The van der Waals surface area contributed by atoms with Crippen molar-refractivity contribution in [2.75, 3.05) is 24.6 Å². The van der Waals surface area contributed by atoms with E-state index in [4.69, 9.17) is 0 Å². The highest BCUT2D eigenvalue weighted by molar-refractivity contribution is 7.99. The summed E-state index contributed by atoms with van der Waals surface area (Å²) in [6, 6.07) is 0.